The first-order valence-electron chi connectivity index (χ1n) is 8.96. The molecule has 29 heavy (non-hydrogen) atoms. The highest BCUT2D eigenvalue weighted by Crippen LogP contribution is 2.18. The summed E-state index contributed by atoms with van der Waals surface area (Å²) in [5.74, 6) is 1.94. The van der Waals surface area contributed by atoms with Gasteiger partial charge in [0.2, 0.25) is 0 Å². The molecule has 1 amide bonds. The monoisotopic (exact) mass is 389 g/mol. The summed E-state index contributed by atoms with van der Waals surface area (Å²) in [4.78, 5) is 16.8. The summed E-state index contributed by atoms with van der Waals surface area (Å²) in [6.45, 7) is 2.17. The van der Waals surface area contributed by atoms with E-state index >= 15 is 0 Å². The quantitative estimate of drug-likeness (QED) is 0.544. The number of nitrogens with zero attached hydrogens (tertiary/aromatic N) is 6. The van der Waals surface area contributed by atoms with Gasteiger partial charge in [0.1, 0.15) is 18.2 Å². The fraction of sp³-hybridized carbons (Fsp3) is 0.150. The number of ether oxygens (including phenoxy) is 1. The van der Waals surface area contributed by atoms with Crippen molar-refractivity contribution < 1.29 is 9.53 Å². The minimum absolute atomic E-state index is 0.216. The minimum atomic E-state index is -0.216. The van der Waals surface area contributed by atoms with Crippen molar-refractivity contribution in [3.8, 4) is 11.4 Å². The Morgan fingerprint density at radius 2 is 2.00 bits per heavy atom. The number of carbonyl (C=O) groups is 1. The number of carbonyl (C=O) groups excluding carboxylic acids is 1. The predicted octanol–water partition coefficient (Wildman–Crippen LogP) is 2.54. The number of tetrazole rings is 1. The van der Waals surface area contributed by atoms with Crippen LogP contribution in [0, 0.1) is 6.92 Å². The normalized spacial score (nSPS) is 10.7. The van der Waals surface area contributed by atoms with Crippen molar-refractivity contribution in [1.82, 2.24) is 29.8 Å². The Balaban J connectivity index is 1.41. The number of hydrogen-bond donors (Lipinski definition) is 1. The van der Waals surface area contributed by atoms with Gasteiger partial charge in [0.25, 0.3) is 5.91 Å². The molecule has 0 saturated carbocycles. The standard InChI is InChI=1S/C20H19N7O2/c1-14-23-24-25-27(14)17-5-3-4-16(12-17)22-20(28)15-6-8-18(9-7-15)29-13-19-21-10-11-26(19)2/h3-12H,13H2,1-2H3,(H,22,28). The lowest BCUT2D eigenvalue weighted by atomic mass is 10.2. The van der Waals surface area contributed by atoms with E-state index in [0.717, 1.165) is 11.5 Å². The van der Waals surface area contributed by atoms with E-state index in [1.54, 1.807) is 35.1 Å². The Morgan fingerprint density at radius 1 is 1.17 bits per heavy atom. The molecule has 0 aliphatic rings. The Bertz CT molecular complexity index is 1130. The molecule has 0 unspecified atom stereocenters. The van der Waals surface area contributed by atoms with E-state index in [4.69, 9.17) is 4.74 Å². The molecule has 1 N–H and O–H groups in total. The van der Waals surface area contributed by atoms with E-state index in [1.807, 2.05) is 49.0 Å². The van der Waals surface area contributed by atoms with Gasteiger partial charge in [-0.25, -0.2) is 4.98 Å². The second kappa shape index (κ2) is 7.93. The van der Waals surface area contributed by atoms with Gasteiger partial charge >= 0.3 is 0 Å². The predicted molar refractivity (Wildman–Crippen MR) is 106 cm³/mol. The van der Waals surface area contributed by atoms with Crippen molar-refractivity contribution in [2.75, 3.05) is 5.32 Å². The molecule has 4 aromatic rings. The number of aryl methyl sites for hydroxylation is 2. The van der Waals surface area contributed by atoms with Crippen LogP contribution in [-0.2, 0) is 13.7 Å². The van der Waals surface area contributed by atoms with Gasteiger partial charge in [-0.3, -0.25) is 4.79 Å². The van der Waals surface area contributed by atoms with E-state index < -0.39 is 0 Å². The van der Waals surface area contributed by atoms with Crippen molar-refractivity contribution in [3.05, 3.63) is 78.1 Å². The molecule has 2 aromatic heterocycles. The van der Waals surface area contributed by atoms with Crippen molar-refractivity contribution >= 4 is 11.6 Å². The van der Waals surface area contributed by atoms with Crippen LogP contribution in [0.1, 0.15) is 22.0 Å². The van der Waals surface area contributed by atoms with Gasteiger partial charge in [0.15, 0.2) is 5.82 Å². The third-order valence-electron chi connectivity index (χ3n) is 4.38. The van der Waals surface area contributed by atoms with Gasteiger partial charge in [-0.15, -0.1) is 5.10 Å². The Kier molecular flexibility index (Phi) is 5.02. The number of benzene rings is 2. The number of aromatic nitrogens is 6. The largest absolute Gasteiger partial charge is 0.486 e. The van der Waals surface area contributed by atoms with Gasteiger partial charge in [-0.1, -0.05) is 6.07 Å². The van der Waals surface area contributed by atoms with Crippen LogP contribution in [0.25, 0.3) is 5.69 Å². The smallest absolute Gasteiger partial charge is 0.255 e. The molecule has 0 saturated heterocycles. The van der Waals surface area contributed by atoms with Crippen molar-refractivity contribution in [2.24, 2.45) is 7.05 Å². The highest BCUT2D eigenvalue weighted by atomic mass is 16.5. The zero-order chi connectivity index (χ0) is 20.2. The van der Waals surface area contributed by atoms with Crippen LogP contribution in [0.2, 0.25) is 0 Å². The minimum Gasteiger partial charge on any atom is -0.486 e. The van der Waals surface area contributed by atoms with Crippen LogP contribution in [0.5, 0.6) is 5.75 Å². The summed E-state index contributed by atoms with van der Waals surface area (Å²) in [5, 5.41) is 14.3. The maximum absolute atomic E-state index is 12.6. The van der Waals surface area contributed by atoms with Crippen LogP contribution < -0.4 is 10.1 Å². The number of amides is 1. The zero-order valence-electron chi connectivity index (χ0n) is 16.0. The van der Waals surface area contributed by atoms with Crippen LogP contribution in [-0.4, -0.2) is 35.7 Å². The number of hydrogen-bond acceptors (Lipinski definition) is 6. The molecule has 4 rings (SSSR count). The molecule has 0 aliphatic carbocycles. The van der Waals surface area contributed by atoms with Crippen LogP contribution >= 0.6 is 0 Å². The third-order valence-corrected chi connectivity index (χ3v) is 4.38. The molecule has 0 aliphatic heterocycles. The lowest BCUT2D eigenvalue weighted by Gasteiger charge is -2.09. The van der Waals surface area contributed by atoms with E-state index in [9.17, 15) is 4.79 Å². The molecule has 146 valence electrons. The number of anilines is 1. The lowest BCUT2D eigenvalue weighted by molar-refractivity contribution is 0.102. The van der Waals surface area contributed by atoms with E-state index in [0.29, 0.717) is 29.4 Å². The SMILES string of the molecule is Cc1nnnn1-c1cccc(NC(=O)c2ccc(OCc3nccn3C)cc2)c1. The highest BCUT2D eigenvalue weighted by molar-refractivity contribution is 6.04. The van der Waals surface area contributed by atoms with Crippen LogP contribution in [0.15, 0.2) is 60.9 Å². The molecule has 0 fully saturated rings. The lowest BCUT2D eigenvalue weighted by Crippen LogP contribution is -2.12. The van der Waals surface area contributed by atoms with Gasteiger partial charge in [-0.2, -0.15) is 4.68 Å². The summed E-state index contributed by atoms with van der Waals surface area (Å²) in [6, 6.07) is 14.3. The maximum atomic E-state index is 12.6. The van der Waals surface area contributed by atoms with E-state index in [1.165, 1.54) is 0 Å². The van der Waals surface area contributed by atoms with Gasteiger partial charge in [-0.05, 0) is 59.8 Å². The van der Waals surface area contributed by atoms with Gasteiger partial charge in [0.05, 0.1) is 5.69 Å². The molecule has 0 spiro atoms. The summed E-state index contributed by atoms with van der Waals surface area (Å²) in [5.41, 5.74) is 1.94. The first-order chi connectivity index (χ1) is 14.1. The summed E-state index contributed by atoms with van der Waals surface area (Å²) < 4.78 is 9.21. The van der Waals surface area contributed by atoms with E-state index in [2.05, 4.69) is 25.8 Å². The number of nitrogens with one attached hydrogen (secondary N) is 1. The van der Waals surface area contributed by atoms with Crippen LogP contribution in [0.4, 0.5) is 5.69 Å². The maximum Gasteiger partial charge on any atom is 0.255 e. The molecule has 2 heterocycles. The Labute approximate surface area is 167 Å². The van der Waals surface area contributed by atoms with Crippen molar-refractivity contribution in [3.63, 3.8) is 0 Å². The zero-order valence-corrected chi connectivity index (χ0v) is 16.0. The molecular formula is C20H19N7O2. The average Bonchev–Trinajstić information content (AvgIpc) is 3.35. The summed E-state index contributed by atoms with van der Waals surface area (Å²) >= 11 is 0. The van der Waals surface area contributed by atoms with E-state index in [-0.39, 0.29) is 5.91 Å². The molecule has 0 bridgehead atoms. The van der Waals surface area contributed by atoms with Gasteiger partial charge < -0.3 is 14.6 Å². The number of rotatable bonds is 6. The molecule has 9 heteroatoms. The van der Waals surface area contributed by atoms with Crippen molar-refractivity contribution in [2.45, 2.75) is 13.5 Å². The third kappa shape index (κ3) is 4.13. The first-order valence-corrected chi connectivity index (χ1v) is 8.96. The highest BCUT2D eigenvalue weighted by Gasteiger charge is 2.09. The Morgan fingerprint density at radius 3 is 2.69 bits per heavy atom. The Hall–Kier alpha value is -4.01. The fourth-order valence-electron chi connectivity index (χ4n) is 2.77. The molecule has 0 radical (unpaired) electrons. The fourth-order valence-corrected chi connectivity index (χ4v) is 2.77. The number of imidazole rings is 1. The molecule has 0 atom stereocenters. The summed E-state index contributed by atoms with van der Waals surface area (Å²) in [7, 11) is 1.91. The summed E-state index contributed by atoms with van der Waals surface area (Å²) in [6.07, 6.45) is 3.59. The van der Waals surface area contributed by atoms with Gasteiger partial charge in [0, 0.05) is 30.7 Å². The second-order valence-electron chi connectivity index (χ2n) is 6.41. The first kappa shape index (κ1) is 18.4. The molecule has 2 aromatic carbocycles. The second-order valence-corrected chi connectivity index (χ2v) is 6.41. The topological polar surface area (TPSA) is 99.8 Å². The average molecular weight is 389 g/mol. The molecular weight excluding hydrogens is 370 g/mol. The van der Waals surface area contributed by atoms with Crippen LogP contribution in [0.3, 0.4) is 0 Å². The van der Waals surface area contributed by atoms with Crippen molar-refractivity contribution in [1.29, 1.82) is 0 Å². The molecule has 9 nitrogen and oxygen atoms in total.